The Kier molecular flexibility index (Phi) is 5.25. The minimum Gasteiger partial charge on any atom is -0.326 e. The van der Waals surface area contributed by atoms with Gasteiger partial charge in [-0.1, -0.05) is 15.9 Å². The summed E-state index contributed by atoms with van der Waals surface area (Å²) in [6.07, 6.45) is 0.933. The van der Waals surface area contributed by atoms with Gasteiger partial charge in [0.05, 0.1) is 5.92 Å². The molecule has 1 aliphatic heterocycles. The van der Waals surface area contributed by atoms with E-state index in [1.165, 1.54) is 0 Å². The normalized spacial score (nSPS) is 18.9. The van der Waals surface area contributed by atoms with Crippen molar-refractivity contribution in [1.82, 2.24) is 5.32 Å². The number of benzene rings is 1. The molecule has 3 nitrogen and oxygen atoms in total. The second-order valence-electron chi connectivity index (χ2n) is 3.69. The third-order valence-corrected chi connectivity index (χ3v) is 3.07. The first-order valence-corrected chi connectivity index (χ1v) is 5.82. The van der Waals surface area contributed by atoms with E-state index in [0.717, 1.165) is 29.7 Å². The number of hydrogen-bond donors (Lipinski definition) is 2. The second kappa shape index (κ2) is 6.23. The van der Waals surface area contributed by atoms with Gasteiger partial charge in [-0.15, -0.1) is 12.4 Å². The van der Waals surface area contributed by atoms with E-state index in [-0.39, 0.29) is 24.2 Å². The molecule has 0 saturated carbocycles. The highest BCUT2D eigenvalue weighted by Gasteiger charge is 2.22. The van der Waals surface area contributed by atoms with Crippen molar-refractivity contribution in [2.75, 3.05) is 18.4 Å². The van der Waals surface area contributed by atoms with Crippen molar-refractivity contribution in [2.24, 2.45) is 5.92 Å². The van der Waals surface area contributed by atoms with Crippen LogP contribution in [0.25, 0.3) is 0 Å². The van der Waals surface area contributed by atoms with Crippen molar-refractivity contribution < 1.29 is 4.79 Å². The van der Waals surface area contributed by atoms with Crippen LogP contribution in [0.3, 0.4) is 0 Å². The van der Waals surface area contributed by atoms with Crippen molar-refractivity contribution in [3.63, 3.8) is 0 Å². The number of anilines is 1. The largest absolute Gasteiger partial charge is 0.326 e. The van der Waals surface area contributed by atoms with Gasteiger partial charge in [-0.3, -0.25) is 4.79 Å². The van der Waals surface area contributed by atoms with Crippen molar-refractivity contribution in [1.29, 1.82) is 0 Å². The Morgan fingerprint density at radius 1 is 1.38 bits per heavy atom. The van der Waals surface area contributed by atoms with E-state index in [4.69, 9.17) is 0 Å². The lowest BCUT2D eigenvalue weighted by Crippen LogP contribution is -2.24. The van der Waals surface area contributed by atoms with Crippen LogP contribution in [0, 0.1) is 5.92 Å². The standard InChI is InChI=1S/C11H13BrN2O.ClH/c12-9-1-3-10(4-2-9)14-11(15)8-5-6-13-7-8;/h1-4,8,13H,5-7H2,(H,14,15);1H/t8-;/m0./s1. The highest BCUT2D eigenvalue weighted by molar-refractivity contribution is 9.10. The molecule has 88 valence electrons. The molecule has 1 heterocycles. The summed E-state index contributed by atoms with van der Waals surface area (Å²) in [6, 6.07) is 7.62. The average Bonchev–Trinajstić information content (AvgIpc) is 2.74. The van der Waals surface area contributed by atoms with Gasteiger partial charge in [-0.25, -0.2) is 0 Å². The zero-order valence-corrected chi connectivity index (χ0v) is 11.1. The molecule has 0 aromatic heterocycles. The van der Waals surface area contributed by atoms with E-state index in [2.05, 4.69) is 26.6 Å². The third kappa shape index (κ3) is 3.47. The second-order valence-corrected chi connectivity index (χ2v) is 4.60. The summed E-state index contributed by atoms with van der Waals surface area (Å²) in [5.74, 6) is 0.232. The van der Waals surface area contributed by atoms with E-state index in [0.29, 0.717) is 0 Å². The Hall–Kier alpha value is -0.580. The van der Waals surface area contributed by atoms with Crippen LogP contribution in [0.2, 0.25) is 0 Å². The number of carbonyl (C=O) groups is 1. The first-order valence-electron chi connectivity index (χ1n) is 5.03. The molecule has 1 aromatic carbocycles. The predicted molar refractivity (Wildman–Crippen MR) is 71.0 cm³/mol. The lowest BCUT2D eigenvalue weighted by molar-refractivity contribution is -0.119. The summed E-state index contributed by atoms with van der Waals surface area (Å²) in [5.41, 5.74) is 0.857. The summed E-state index contributed by atoms with van der Waals surface area (Å²) in [5, 5.41) is 6.09. The highest BCUT2D eigenvalue weighted by Crippen LogP contribution is 2.16. The van der Waals surface area contributed by atoms with Gasteiger partial charge in [0.15, 0.2) is 0 Å². The van der Waals surface area contributed by atoms with E-state index in [1.54, 1.807) is 0 Å². The fourth-order valence-corrected chi connectivity index (χ4v) is 1.92. The van der Waals surface area contributed by atoms with Crippen LogP contribution in [-0.2, 0) is 4.79 Å². The zero-order chi connectivity index (χ0) is 10.7. The van der Waals surface area contributed by atoms with Gasteiger partial charge >= 0.3 is 0 Å². The van der Waals surface area contributed by atoms with Gasteiger partial charge in [0.2, 0.25) is 5.91 Å². The molecule has 1 saturated heterocycles. The van der Waals surface area contributed by atoms with Crippen molar-refractivity contribution >= 4 is 39.9 Å². The van der Waals surface area contributed by atoms with Crippen LogP contribution in [-0.4, -0.2) is 19.0 Å². The smallest absolute Gasteiger partial charge is 0.228 e. The van der Waals surface area contributed by atoms with E-state index in [9.17, 15) is 4.79 Å². The average molecular weight is 306 g/mol. The van der Waals surface area contributed by atoms with Crippen molar-refractivity contribution in [3.8, 4) is 0 Å². The summed E-state index contributed by atoms with van der Waals surface area (Å²) in [6.45, 7) is 1.74. The van der Waals surface area contributed by atoms with Gasteiger partial charge in [0, 0.05) is 16.7 Å². The van der Waals surface area contributed by atoms with Crippen LogP contribution in [0.5, 0.6) is 0 Å². The Labute approximate surface area is 110 Å². The molecule has 0 spiro atoms. The van der Waals surface area contributed by atoms with Crippen LogP contribution in [0.15, 0.2) is 28.7 Å². The fraction of sp³-hybridized carbons (Fsp3) is 0.364. The van der Waals surface area contributed by atoms with E-state index in [1.807, 2.05) is 24.3 Å². The van der Waals surface area contributed by atoms with E-state index < -0.39 is 0 Å². The minimum absolute atomic E-state index is 0. The highest BCUT2D eigenvalue weighted by atomic mass is 79.9. The molecular formula is C11H14BrClN2O. The molecule has 0 aliphatic carbocycles. The summed E-state index contributed by atoms with van der Waals surface area (Å²) >= 11 is 3.36. The van der Waals surface area contributed by atoms with Crippen LogP contribution in [0.4, 0.5) is 5.69 Å². The van der Waals surface area contributed by atoms with Crippen LogP contribution >= 0.6 is 28.3 Å². The number of amides is 1. The van der Waals surface area contributed by atoms with Gasteiger partial charge in [-0.05, 0) is 37.2 Å². The molecular weight excluding hydrogens is 291 g/mol. The molecule has 2 rings (SSSR count). The Balaban J connectivity index is 0.00000128. The summed E-state index contributed by atoms with van der Waals surface area (Å²) in [7, 11) is 0. The number of nitrogens with one attached hydrogen (secondary N) is 2. The van der Waals surface area contributed by atoms with Gasteiger partial charge < -0.3 is 10.6 Å². The maximum absolute atomic E-state index is 11.7. The lowest BCUT2D eigenvalue weighted by atomic mass is 10.1. The summed E-state index contributed by atoms with van der Waals surface area (Å²) < 4.78 is 1.02. The SMILES string of the molecule is Cl.O=C(Nc1ccc(Br)cc1)[C@H]1CCNC1. The zero-order valence-electron chi connectivity index (χ0n) is 8.70. The lowest BCUT2D eigenvalue weighted by Gasteiger charge is -2.09. The topological polar surface area (TPSA) is 41.1 Å². The number of rotatable bonds is 2. The number of hydrogen-bond acceptors (Lipinski definition) is 2. The monoisotopic (exact) mass is 304 g/mol. The maximum Gasteiger partial charge on any atom is 0.228 e. The van der Waals surface area contributed by atoms with Gasteiger partial charge in [0.1, 0.15) is 0 Å². The Bertz CT molecular complexity index is 350. The summed E-state index contributed by atoms with van der Waals surface area (Å²) in [4.78, 5) is 11.7. The molecule has 1 aromatic rings. The molecule has 0 unspecified atom stereocenters. The van der Waals surface area contributed by atoms with Crippen molar-refractivity contribution in [3.05, 3.63) is 28.7 Å². The first-order chi connectivity index (χ1) is 7.25. The Morgan fingerprint density at radius 3 is 2.62 bits per heavy atom. The quantitative estimate of drug-likeness (QED) is 0.881. The van der Waals surface area contributed by atoms with Crippen LogP contribution in [0.1, 0.15) is 6.42 Å². The van der Waals surface area contributed by atoms with Crippen LogP contribution < -0.4 is 10.6 Å². The van der Waals surface area contributed by atoms with E-state index >= 15 is 0 Å². The van der Waals surface area contributed by atoms with Crippen molar-refractivity contribution in [2.45, 2.75) is 6.42 Å². The maximum atomic E-state index is 11.7. The third-order valence-electron chi connectivity index (χ3n) is 2.54. The molecule has 1 aliphatic rings. The molecule has 0 radical (unpaired) electrons. The molecule has 2 N–H and O–H groups in total. The molecule has 0 bridgehead atoms. The molecule has 1 fully saturated rings. The molecule has 5 heteroatoms. The van der Waals surface area contributed by atoms with Gasteiger partial charge in [-0.2, -0.15) is 0 Å². The number of carbonyl (C=O) groups excluding carboxylic acids is 1. The van der Waals surface area contributed by atoms with Gasteiger partial charge in [0.25, 0.3) is 0 Å². The molecule has 1 atom stereocenters. The fourth-order valence-electron chi connectivity index (χ4n) is 1.66. The minimum atomic E-state index is 0. The Morgan fingerprint density at radius 2 is 2.06 bits per heavy atom. The molecule has 16 heavy (non-hydrogen) atoms. The predicted octanol–water partition coefficient (Wildman–Crippen LogP) is 2.42. The first kappa shape index (κ1) is 13.5. The molecule has 1 amide bonds. The number of halogens is 2.